The van der Waals surface area contributed by atoms with Gasteiger partial charge in [-0.1, -0.05) is 12.1 Å². The number of nitriles is 1. The van der Waals surface area contributed by atoms with Crippen LogP contribution in [0.3, 0.4) is 0 Å². The van der Waals surface area contributed by atoms with Gasteiger partial charge < -0.3 is 4.74 Å². The van der Waals surface area contributed by atoms with Crippen LogP contribution >= 0.6 is 11.3 Å². The van der Waals surface area contributed by atoms with Gasteiger partial charge >= 0.3 is 6.18 Å². The van der Waals surface area contributed by atoms with Crippen LogP contribution in [-0.4, -0.2) is 15.9 Å². The van der Waals surface area contributed by atoms with Gasteiger partial charge in [0.1, 0.15) is 10.7 Å². The molecule has 4 rings (SSSR count). The van der Waals surface area contributed by atoms with Crippen LogP contribution in [0, 0.1) is 18.3 Å². The summed E-state index contributed by atoms with van der Waals surface area (Å²) in [6.45, 7) is 2.22. The quantitative estimate of drug-likeness (QED) is 0.327. The highest BCUT2D eigenvalue weighted by Gasteiger charge is 2.39. The van der Waals surface area contributed by atoms with Crippen molar-refractivity contribution in [3.05, 3.63) is 69.5 Å². The first kappa shape index (κ1) is 24.2. The number of halogens is 5. The third-order valence-corrected chi connectivity index (χ3v) is 6.75. The van der Waals surface area contributed by atoms with E-state index in [4.69, 9.17) is 4.74 Å². The fourth-order valence-corrected chi connectivity index (χ4v) is 4.84. The molecule has 0 saturated heterocycles. The second kappa shape index (κ2) is 9.04. The minimum absolute atomic E-state index is 0.0893. The molecule has 34 heavy (non-hydrogen) atoms. The van der Waals surface area contributed by atoms with Crippen molar-refractivity contribution in [3.63, 3.8) is 0 Å². The number of ether oxygens (including phenoxy) is 1. The average Bonchev–Trinajstić information content (AvgIpc) is 3.55. The van der Waals surface area contributed by atoms with Crippen LogP contribution in [0.4, 0.5) is 22.0 Å². The highest BCUT2D eigenvalue weighted by Crippen LogP contribution is 2.43. The molecule has 10 heteroatoms. The summed E-state index contributed by atoms with van der Waals surface area (Å²) in [5.41, 5.74) is 1.74. The highest BCUT2D eigenvalue weighted by molar-refractivity contribution is 7.15. The number of hydrogen-bond acceptors (Lipinski definition) is 5. The fraction of sp³-hybridized carbons (Fsp3) is 0.375. The average molecular weight is 494 g/mol. The van der Waals surface area contributed by atoms with Crippen molar-refractivity contribution in [3.8, 4) is 16.6 Å². The first-order chi connectivity index (χ1) is 16.0. The molecule has 1 saturated carbocycles. The standard InChI is InChI=1S/C24H20F5N3OS/c1-13-20(34-22(32-13)17-7-8-19(31-11-17)24(27,28)29)21(23(2,25)26)33-12-14-3-4-16(10-30)18(9-14)15-5-6-15/h3-4,7-9,11,15,21H,5-6,12H2,1-2H3. The summed E-state index contributed by atoms with van der Waals surface area (Å²) in [5, 5.41) is 9.57. The van der Waals surface area contributed by atoms with E-state index in [-0.39, 0.29) is 16.5 Å². The Kier molecular flexibility index (Phi) is 6.44. The van der Waals surface area contributed by atoms with E-state index in [9.17, 15) is 27.2 Å². The maximum atomic E-state index is 14.6. The first-order valence-corrected chi connectivity index (χ1v) is 11.3. The largest absolute Gasteiger partial charge is 0.433 e. The topological polar surface area (TPSA) is 58.8 Å². The molecule has 1 fully saturated rings. The number of rotatable bonds is 7. The van der Waals surface area contributed by atoms with Gasteiger partial charge in [0.25, 0.3) is 5.92 Å². The van der Waals surface area contributed by atoms with E-state index in [0.29, 0.717) is 28.3 Å². The molecule has 0 bridgehead atoms. The van der Waals surface area contributed by atoms with E-state index in [1.165, 1.54) is 6.07 Å². The van der Waals surface area contributed by atoms with Crippen molar-refractivity contribution in [2.24, 2.45) is 0 Å². The minimum Gasteiger partial charge on any atom is -0.362 e. The Balaban J connectivity index is 1.57. The number of alkyl halides is 5. The molecule has 0 aliphatic heterocycles. The molecule has 1 unspecified atom stereocenters. The number of aryl methyl sites for hydroxylation is 1. The molecule has 1 aromatic carbocycles. The van der Waals surface area contributed by atoms with Gasteiger partial charge in [-0.3, -0.25) is 4.98 Å². The molecule has 2 aromatic heterocycles. The minimum atomic E-state index is -4.57. The zero-order valence-corrected chi connectivity index (χ0v) is 19.1. The Morgan fingerprint density at radius 3 is 2.47 bits per heavy atom. The molecule has 3 aromatic rings. The Hall–Kier alpha value is -2.90. The second-order valence-electron chi connectivity index (χ2n) is 8.35. The van der Waals surface area contributed by atoms with Crippen molar-refractivity contribution in [2.75, 3.05) is 0 Å². The van der Waals surface area contributed by atoms with Crippen molar-refractivity contribution in [1.29, 1.82) is 5.26 Å². The molecule has 1 aliphatic carbocycles. The second-order valence-corrected chi connectivity index (χ2v) is 9.38. The van der Waals surface area contributed by atoms with Crippen LogP contribution in [0.15, 0.2) is 36.5 Å². The van der Waals surface area contributed by atoms with E-state index < -0.39 is 23.9 Å². The number of benzene rings is 1. The van der Waals surface area contributed by atoms with Crippen molar-refractivity contribution < 1.29 is 26.7 Å². The predicted octanol–water partition coefficient (Wildman–Crippen LogP) is 7.19. The van der Waals surface area contributed by atoms with Crippen LogP contribution in [0.25, 0.3) is 10.6 Å². The van der Waals surface area contributed by atoms with Gasteiger partial charge in [0.05, 0.1) is 28.8 Å². The lowest BCUT2D eigenvalue weighted by atomic mass is 10.0. The summed E-state index contributed by atoms with van der Waals surface area (Å²) in [6, 6.07) is 9.41. The first-order valence-electron chi connectivity index (χ1n) is 10.5. The summed E-state index contributed by atoms with van der Waals surface area (Å²) < 4.78 is 73.1. The van der Waals surface area contributed by atoms with E-state index >= 15 is 0 Å². The number of hydrogen-bond donors (Lipinski definition) is 0. The van der Waals surface area contributed by atoms with Crippen LogP contribution in [0.2, 0.25) is 0 Å². The Morgan fingerprint density at radius 2 is 1.91 bits per heavy atom. The maximum Gasteiger partial charge on any atom is 0.433 e. The van der Waals surface area contributed by atoms with Crippen LogP contribution in [0.1, 0.15) is 64.7 Å². The molecule has 0 amide bonds. The molecule has 4 nitrogen and oxygen atoms in total. The van der Waals surface area contributed by atoms with E-state index in [2.05, 4.69) is 16.0 Å². The van der Waals surface area contributed by atoms with Gasteiger partial charge in [0.2, 0.25) is 0 Å². The molecule has 1 atom stereocenters. The molecular weight excluding hydrogens is 473 g/mol. The van der Waals surface area contributed by atoms with Gasteiger partial charge in [0, 0.05) is 18.7 Å². The Bertz CT molecular complexity index is 1220. The monoisotopic (exact) mass is 493 g/mol. The van der Waals surface area contributed by atoms with Gasteiger partial charge in [-0.15, -0.1) is 11.3 Å². The maximum absolute atomic E-state index is 14.6. The molecule has 0 radical (unpaired) electrons. The summed E-state index contributed by atoms with van der Waals surface area (Å²) in [7, 11) is 0. The third-order valence-electron chi connectivity index (χ3n) is 5.50. The number of pyridine rings is 1. The number of aromatic nitrogens is 2. The van der Waals surface area contributed by atoms with Crippen LogP contribution in [0.5, 0.6) is 0 Å². The molecule has 1 aliphatic rings. The lowest BCUT2D eigenvalue weighted by Gasteiger charge is -2.23. The molecule has 0 spiro atoms. The molecule has 0 N–H and O–H groups in total. The smallest absolute Gasteiger partial charge is 0.362 e. The van der Waals surface area contributed by atoms with Crippen LogP contribution < -0.4 is 0 Å². The number of thiazole rings is 1. The van der Waals surface area contributed by atoms with E-state index in [1.54, 1.807) is 19.1 Å². The summed E-state index contributed by atoms with van der Waals surface area (Å²) in [4.78, 5) is 7.89. The van der Waals surface area contributed by atoms with E-state index in [1.807, 2.05) is 6.07 Å². The summed E-state index contributed by atoms with van der Waals surface area (Å²) in [6.07, 6.45) is -3.15. The van der Waals surface area contributed by atoms with Gasteiger partial charge in [0.15, 0.2) is 6.10 Å². The molecule has 2 heterocycles. The predicted molar refractivity (Wildman–Crippen MR) is 116 cm³/mol. The van der Waals surface area contributed by atoms with Crippen molar-refractivity contribution in [2.45, 2.75) is 57.4 Å². The zero-order chi connectivity index (χ0) is 24.7. The Morgan fingerprint density at radius 1 is 1.18 bits per heavy atom. The third kappa shape index (κ3) is 5.26. The van der Waals surface area contributed by atoms with Crippen molar-refractivity contribution >= 4 is 11.3 Å². The normalized spacial score (nSPS) is 15.2. The number of nitrogens with zero attached hydrogens (tertiary/aromatic N) is 3. The van der Waals surface area contributed by atoms with Crippen molar-refractivity contribution in [1.82, 2.24) is 9.97 Å². The molecular formula is C24H20F5N3OS. The SMILES string of the molecule is Cc1nc(-c2ccc(C(F)(F)F)nc2)sc1C(OCc1ccc(C#N)c(C2CC2)c1)C(C)(F)F. The Labute approximate surface area is 197 Å². The van der Waals surface area contributed by atoms with Crippen LogP contribution in [-0.2, 0) is 17.5 Å². The zero-order valence-electron chi connectivity index (χ0n) is 18.3. The summed E-state index contributed by atoms with van der Waals surface area (Å²) in [5.74, 6) is -2.92. The lowest BCUT2D eigenvalue weighted by molar-refractivity contribution is -0.141. The summed E-state index contributed by atoms with van der Waals surface area (Å²) >= 11 is 0.940. The van der Waals surface area contributed by atoms with Gasteiger partial charge in [-0.05, 0) is 55.0 Å². The highest BCUT2D eigenvalue weighted by atomic mass is 32.1. The lowest BCUT2D eigenvalue weighted by Crippen LogP contribution is -2.25. The van der Waals surface area contributed by atoms with Gasteiger partial charge in [-0.2, -0.15) is 18.4 Å². The fourth-order valence-electron chi connectivity index (χ4n) is 3.63. The van der Waals surface area contributed by atoms with Gasteiger partial charge in [-0.25, -0.2) is 13.8 Å². The van der Waals surface area contributed by atoms with E-state index in [0.717, 1.165) is 48.9 Å². The molecule has 178 valence electrons.